The quantitative estimate of drug-likeness (QED) is 0.638. The van der Waals surface area contributed by atoms with E-state index < -0.39 is 10.0 Å². The second-order valence-corrected chi connectivity index (χ2v) is 8.95. The number of aromatic nitrogens is 2. The van der Waals surface area contributed by atoms with Crippen molar-refractivity contribution >= 4 is 44.1 Å². The third-order valence-corrected chi connectivity index (χ3v) is 5.41. The first-order chi connectivity index (χ1) is 13.1. The molecule has 2 aromatic carbocycles. The van der Waals surface area contributed by atoms with Gasteiger partial charge in [-0.05, 0) is 29.7 Å². The number of hydrogen-bond donors (Lipinski definition) is 2. The Hall–Kier alpha value is -2.42. The number of primary sulfonamides is 1. The van der Waals surface area contributed by atoms with Crippen LogP contribution in [0, 0.1) is 5.92 Å². The number of halogens is 1. The van der Waals surface area contributed by atoms with Crippen molar-refractivity contribution < 1.29 is 13.2 Å². The van der Waals surface area contributed by atoms with Crippen LogP contribution < -0.4 is 10.5 Å². The molecule has 0 aliphatic rings. The number of nitrogens with two attached hydrogens (primary N) is 1. The van der Waals surface area contributed by atoms with Gasteiger partial charge in [0.15, 0.2) is 0 Å². The smallest absolute Gasteiger partial charge is 0.238 e. The van der Waals surface area contributed by atoms with Gasteiger partial charge >= 0.3 is 0 Å². The van der Waals surface area contributed by atoms with E-state index in [1.54, 1.807) is 41.2 Å². The molecule has 3 aromatic rings. The van der Waals surface area contributed by atoms with Crippen LogP contribution in [0.25, 0.3) is 10.9 Å². The zero-order valence-electron chi connectivity index (χ0n) is 15.5. The van der Waals surface area contributed by atoms with Crippen molar-refractivity contribution in [3.63, 3.8) is 0 Å². The summed E-state index contributed by atoms with van der Waals surface area (Å²) in [6.45, 7) is 4.70. The number of nitrogens with one attached hydrogen (secondary N) is 1. The topological polar surface area (TPSA) is 107 Å². The predicted molar refractivity (Wildman–Crippen MR) is 110 cm³/mol. The molecule has 0 bridgehead atoms. The summed E-state index contributed by atoms with van der Waals surface area (Å²) in [6, 6.07) is 10.0. The van der Waals surface area contributed by atoms with Gasteiger partial charge in [0.1, 0.15) is 0 Å². The fourth-order valence-corrected chi connectivity index (χ4v) is 3.89. The van der Waals surface area contributed by atoms with E-state index >= 15 is 0 Å². The van der Waals surface area contributed by atoms with Crippen molar-refractivity contribution in [2.24, 2.45) is 11.1 Å². The van der Waals surface area contributed by atoms with Crippen molar-refractivity contribution in [3.05, 3.63) is 53.2 Å². The van der Waals surface area contributed by atoms with Gasteiger partial charge < -0.3 is 5.32 Å². The number of carbonyl (C=O) groups is 1. The van der Waals surface area contributed by atoms with Gasteiger partial charge in [-0.2, -0.15) is 5.10 Å². The highest BCUT2D eigenvalue weighted by Gasteiger charge is 2.18. The molecule has 148 valence electrons. The number of amides is 1. The molecule has 0 aliphatic carbocycles. The summed E-state index contributed by atoms with van der Waals surface area (Å²) >= 11 is 6.09. The normalized spacial score (nSPS) is 11.9. The lowest BCUT2D eigenvalue weighted by molar-refractivity contribution is -0.115. The Morgan fingerprint density at radius 2 is 2.00 bits per heavy atom. The molecule has 3 rings (SSSR count). The van der Waals surface area contributed by atoms with Crippen LogP contribution in [0.5, 0.6) is 0 Å². The molecule has 0 aliphatic heterocycles. The first-order valence-electron chi connectivity index (χ1n) is 8.71. The molecule has 0 saturated heterocycles. The van der Waals surface area contributed by atoms with Crippen molar-refractivity contribution in [1.82, 2.24) is 9.78 Å². The number of anilines is 1. The third kappa shape index (κ3) is 4.70. The SMILES string of the molecule is CC(C)Cn1cc2c(S(N)(=O)=O)cc(NC(=O)Cc3ccccc3Cl)cc2n1. The van der Waals surface area contributed by atoms with Crippen molar-refractivity contribution in [2.45, 2.75) is 31.7 Å². The van der Waals surface area contributed by atoms with Gasteiger partial charge in [-0.25, -0.2) is 13.6 Å². The molecule has 1 aromatic heterocycles. The van der Waals surface area contributed by atoms with E-state index in [4.69, 9.17) is 16.7 Å². The van der Waals surface area contributed by atoms with Crippen LogP contribution in [0.1, 0.15) is 19.4 Å². The Bertz CT molecular complexity index is 1140. The van der Waals surface area contributed by atoms with E-state index in [9.17, 15) is 13.2 Å². The van der Waals surface area contributed by atoms with Crippen LogP contribution in [0.3, 0.4) is 0 Å². The minimum absolute atomic E-state index is 0.0597. The molecule has 3 N–H and O–H groups in total. The van der Waals surface area contributed by atoms with Crippen LogP contribution in [0.15, 0.2) is 47.5 Å². The molecule has 0 fully saturated rings. The molecular weight excluding hydrogens is 400 g/mol. The van der Waals surface area contributed by atoms with Gasteiger partial charge in [0.05, 0.1) is 16.8 Å². The molecule has 7 nitrogen and oxygen atoms in total. The molecule has 1 heterocycles. The summed E-state index contributed by atoms with van der Waals surface area (Å²) in [5, 5.41) is 13.4. The molecular formula is C19H21ClN4O3S. The second kappa shape index (κ2) is 7.90. The number of nitrogens with zero attached hydrogens (tertiary/aromatic N) is 2. The molecule has 0 spiro atoms. The van der Waals surface area contributed by atoms with E-state index in [1.165, 1.54) is 6.07 Å². The van der Waals surface area contributed by atoms with E-state index in [0.29, 0.717) is 39.6 Å². The van der Waals surface area contributed by atoms with Crippen molar-refractivity contribution in [3.8, 4) is 0 Å². The Kier molecular flexibility index (Phi) is 5.74. The fraction of sp³-hybridized carbons (Fsp3) is 0.263. The lowest BCUT2D eigenvalue weighted by atomic mass is 10.1. The van der Waals surface area contributed by atoms with Gasteiger partial charge in [0.2, 0.25) is 15.9 Å². The first kappa shape index (κ1) is 20.3. The Balaban J connectivity index is 1.94. The largest absolute Gasteiger partial charge is 0.326 e. The summed E-state index contributed by atoms with van der Waals surface area (Å²) < 4.78 is 25.8. The van der Waals surface area contributed by atoms with Crippen LogP contribution >= 0.6 is 11.6 Å². The highest BCUT2D eigenvalue weighted by Crippen LogP contribution is 2.27. The maximum atomic E-state index is 12.4. The Labute approximate surface area is 168 Å². The predicted octanol–water partition coefficient (Wildman–Crippen LogP) is 3.17. The van der Waals surface area contributed by atoms with Crippen LogP contribution in [-0.4, -0.2) is 24.1 Å². The Morgan fingerprint density at radius 3 is 2.64 bits per heavy atom. The maximum Gasteiger partial charge on any atom is 0.238 e. The zero-order valence-corrected chi connectivity index (χ0v) is 17.1. The van der Waals surface area contributed by atoms with Crippen molar-refractivity contribution in [2.75, 3.05) is 5.32 Å². The average molecular weight is 421 g/mol. The highest BCUT2D eigenvalue weighted by molar-refractivity contribution is 7.89. The van der Waals surface area contributed by atoms with E-state index in [-0.39, 0.29) is 17.2 Å². The van der Waals surface area contributed by atoms with Gasteiger partial charge in [-0.3, -0.25) is 9.48 Å². The first-order valence-corrected chi connectivity index (χ1v) is 10.6. The molecule has 0 saturated carbocycles. The Morgan fingerprint density at radius 1 is 1.29 bits per heavy atom. The number of fused-ring (bicyclic) bond motifs is 1. The lowest BCUT2D eigenvalue weighted by Crippen LogP contribution is -2.16. The third-order valence-electron chi connectivity index (χ3n) is 4.09. The molecule has 1 amide bonds. The number of sulfonamides is 1. The monoisotopic (exact) mass is 420 g/mol. The van der Waals surface area contributed by atoms with Crippen LogP contribution in [-0.2, 0) is 27.8 Å². The second-order valence-electron chi connectivity index (χ2n) is 7.01. The van der Waals surface area contributed by atoms with Gasteiger partial charge in [-0.1, -0.05) is 43.6 Å². The van der Waals surface area contributed by atoms with Crippen LogP contribution in [0.4, 0.5) is 5.69 Å². The standard InChI is InChI=1S/C19H21ClN4O3S/c1-12(2)10-24-11-15-17(23-24)8-14(9-18(15)28(21,26)27)22-19(25)7-13-5-3-4-6-16(13)20/h3-6,8-9,11-12H,7,10H2,1-2H3,(H,22,25)(H2,21,26,27). The molecule has 9 heteroatoms. The van der Waals surface area contributed by atoms with Gasteiger partial charge in [0.25, 0.3) is 0 Å². The summed E-state index contributed by atoms with van der Waals surface area (Å²) in [4.78, 5) is 12.3. The van der Waals surface area contributed by atoms with Gasteiger partial charge in [-0.15, -0.1) is 0 Å². The number of hydrogen-bond acceptors (Lipinski definition) is 4. The summed E-state index contributed by atoms with van der Waals surface area (Å²) in [7, 11) is -3.99. The zero-order chi connectivity index (χ0) is 20.5. The average Bonchev–Trinajstić information content (AvgIpc) is 2.96. The highest BCUT2D eigenvalue weighted by atomic mass is 35.5. The fourth-order valence-electron chi connectivity index (χ4n) is 2.94. The summed E-state index contributed by atoms with van der Waals surface area (Å²) in [6.07, 6.45) is 1.72. The van der Waals surface area contributed by atoms with Crippen molar-refractivity contribution in [1.29, 1.82) is 0 Å². The summed E-state index contributed by atoms with van der Waals surface area (Å²) in [5.41, 5.74) is 1.43. The minimum atomic E-state index is -3.99. The number of benzene rings is 2. The van der Waals surface area contributed by atoms with E-state index in [0.717, 1.165) is 0 Å². The molecule has 28 heavy (non-hydrogen) atoms. The number of carbonyl (C=O) groups excluding carboxylic acids is 1. The van der Waals surface area contributed by atoms with Crippen LogP contribution in [0.2, 0.25) is 5.02 Å². The number of rotatable bonds is 6. The van der Waals surface area contributed by atoms with E-state index in [2.05, 4.69) is 10.4 Å². The minimum Gasteiger partial charge on any atom is -0.326 e. The molecule has 0 radical (unpaired) electrons. The lowest BCUT2D eigenvalue weighted by Gasteiger charge is -2.08. The van der Waals surface area contributed by atoms with Gasteiger partial charge in [0, 0.05) is 28.8 Å². The molecule has 0 atom stereocenters. The summed E-state index contributed by atoms with van der Waals surface area (Å²) in [5.74, 6) is 0.0106. The van der Waals surface area contributed by atoms with E-state index in [1.807, 2.05) is 13.8 Å². The molecule has 0 unspecified atom stereocenters. The maximum absolute atomic E-state index is 12.4.